The summed E-state index contributed by atoms with van der Waals surface area (Å²) in [5, 5.41) is 12.2. The Morgan fingerprint density at radius 3 is 2.62 bits per heavy atom. The van der Waals surface area contributed by atoms with Crippen LogP contribution in [0.5, 0.6) is 0 Å². The Hall–Kier alpha value is -0.220. The van der Waals surface area contributed by atoms with E-state index in [1.54, 1.807) is 6.92 Å². The van der Waals surface area contributed by atoms with Gasteiger partial charge < -0.3 is 10.4 Å². The lowest BCUT2D eigenvalue weighted by molar-refractivity contribution is -0.122. The lowest BCUT2D eigenvalue weighted by Crippen LogP contribution is -2.36. The van der Waals surface area contributed by atoms with Gasteiger partial charge in [-0.05, 0) is 50.5 Å². The van der Waals surface area contributed by atoms with Crippen molar-refractivity contribution in [2.75, 3.05) is 11.5 Å². The average molecular weight is 245 g/mol. The Balaban J connectivity index is 2.18. The normalized spacial score (nSPS) is 21.4. The molecule has 2 atom stereocenters. The van der Waals surface area contributed by atoms with E-state index in [-0.39, 0.29) is 18.1 Å². The molecule has 16 heavy (non-hydrogen) atoms. The number of nitrogens with one attached hydrogen (secondary N) is 1. The van der Waals surface area contributed by atoms with Gasteiger partial charge in [0, 0.05) is 12.5 Å². The summed E-state index contributed by atoms with van der Waals surface area (Å²) in [4.78, 5) is 11.7. The molecule has 1 aliphatic heterocycles. The number of carbonyl (C=O) groups is 1. The molecule has 0 aromatic rings. The Morgan fingerprint density at radius 2 is 2.06 bits per heavy atom. The van der Waals surface area contributed by atoms with Gasteiger partial charge in [0.15, 0.2) is 0 Å². The zero-order valence-corrected chi connectivity index (χ0v) is 11.1. The van der Waals surface area contributed by atoms with Gasteiger partial charge in [-0.1, -0.05) is 0 Å². The third kappa shape index (κ3) is 5.75. The minimum Gasteiger partial charge on any atom is -0.393 e. The minimum absolute atomic E-state index is 0.0745. The fraction of sp³-hybridized carbons (Fsp3) is 0.917. The highest BCUT2D eigenvalue weighted by Crippen LogP contribution is 2.25. The van der Waals surface area contributed by atoms with E-state index in [1.807, 2.05) is 18.7 Å². The second kappa shape index (κ2) is 7.17. The van der Waals surface area contributed by atoms with Crippen molar-refractivity contribution in [2.45, 2.75) is 51.7 Å². The smallest absolute Gasteiger partial charge is 0.220 e. The van der Waals surface area contributed by atoms with Gasteiger partial charge in [-0.3, -0.25) is 4.79 Å². The van der Waals surface area contributed by atoms with Crippen LogP contribution in [0.15, 0.2) is 0 Å². The maximum Gasteiger partial charge on any atom is 0.220 e. The summed E-state index contributed by atoms with van der Waals surface area (Å²) in [6.07, 6.45) is 3.28. The molecule has 2 unspecified atom stereocenters. The second-order valence-corrected chi connectivity index (χ2v) is 6.04. The first-order chi connectivity index (χ1) is 7.58. The van der Waals surface area contributed by atoms with E-state index in [0.717, 1.165) is 0 Å². The SMILES string of the molecule is CC(O)CC(C)NC(=O)CC1CCSCC1. The van der Waals surface area contributed by atoms with Crippen LogP contribution in [0.25, 0.3) is 0 Å². The van der Waals surface area contributed by atoms with Gasteiger partial charge in [-0.15, -0.1) is 0 Å². The molecule has 1 aliphatic rings. The highest BCUT2D eigenvalue weighted by molar-refractivity contribution is 7.99. The van der Waals surface area contributed by atoms with Gasteiger partial charge in [0.2, 0.25) is 5.91 Å². The summed E-state index contributed by atoms with van der Waals surface area (Å²) >= 11 is 1.98. The molecule has 1 fully saturated rings. The minimum atomic E-state index is -0.346. The van der Waals surface area contributed by atoms with Gasteiger partial charge in [0.25, 0.3) is 0 Å². The van der Waals surface area contributed by atoms with Gasteiger partial charge >= 0.3 is 0 Å². The van der Waals surface area contributed by atoms with Crippen LogP contribution < -0.4 is 5.32 Å². The second-order valence-electron chi connectivity index (χ2n) is 4.81. The van der Waals surface area contributed by atoms with E-state index in [4.69, 9.17) is 0 Å². The standard InChI is InChI=1S/C12H23NO2S/c1-9(7-10(2)14)13-12(15)8-11-3-5-16-6-4-11/h9-11,14H,3-8H2,1-2H3,(H,13,15). The number of carbonyl (C=O) groups excluding carboxylic acids is 1. The Morgan fingerprint density at radius 1 is 1.44 bits per heavy atom. The fourth-order valence-electron chi connectivity index (χ4n) is 2.12. The fourth-order valence-corrected chi connectivity index (χ4v) is 3.32. The molecule has 1 amide bonds. The molecule has 0 saturated carbocycles. The van der Waals surface area contributed by atoms with Crippen LogP contribution in [0.3, 0.4) is 0 Å². The van der Waals surface area contributed by atoms with Crippen LogP contribution in [0, 0.1) is 5.92 Å². The van der Waals surface area contributed by atoms with Crippen molar-refractivity contribution < 1.29 is 9.90 Å². The van der Waals surface area contributed by atoms with Crippen LogP contribution in [0.4, 0.5) is 0 Å². The van der Waals surface area contributed by atoms with Crippen molar-refractivity contribution in [1.82, 2.24) is 5.32 Å². The molecule has 1 rings (SSSR count). The Kier molecular flexibility index (Phi) is 6.21. The van der Waals surface area contributed by atoms with Crippen LogP contribution in [-0.4, -0.2) is 34.7 Å². The number of aliphatic hydroxyl groups excluding tert-OH is 1. The third-order valence-electron chi connectivity index (χ3n) is 2.92. The van der Waals surface area contributed by atoms with Crippen LogP contribution in [0.2, 0.25) is 0 Å². The Labute approximate surface area is 102 Å². The van der Waals surface area contributed by atoms with Crippen molar-refractivity contribution in [3.05, 3.63) is 0 Å². The first kappa shape index (κ1) is 13.8. The molecule has 0 radical (unpaired) electrons. The topological polar surface area (TPSA) is 49.3 Å². The number of amides is 1. The van der Waals surface area contributed by atoms with E-state index < -0.39 is 0 Å². The van der Waals surface area contributed by atoms with Crippen molar-refractivity contribution in [3.63, 3.8) is 0 Å². The summed E-state index contributed by atoms with van der Waals surface area (Å²) in [6, 6.07) is 0.0745. The molecule has 3 nitrogen and oxygen atoms in total. The van der Waals surface area contributed by atoms with E-state index in [1.165, 1.54) is 24.3 Å². The van der Waals surface area contributed by atoms with E-state index in [9.17, 15) is 9.90 Å². The highest BCUT2D eigenvalue weighted by atomic mass is 32.2. The maximum absolute atomic E-state index is 11.7. The zero-order valence-electron chi connectivity index (χ0n) is 10.2. The molecule has 1 saturated heterocycles. The zero-order chi connectivity index (χ0) is 12.0. The number of hydrogen-bond acceptors (Lipinski definition) is 3. The van der Waals surface area contributed by atoms with Crippen molar-refractivity contribution in [2.24, 2.45) is 5.92 Å². The molecule has 4 heteroatoms. The monoisotopic (exact) mass is 245 g/mol. The molecule has 0 aliphatic carbocycles. The summed E-state index contributed by atoms with van der Waals surface area (Å²) in [5.74, 6) is 3.10. The van der Waals surface area contributed by atoms with E-state index in [0.29, 0.717) is 18.8 Å². The van der Waals surface area contributed by atoms with Gasteiger partial charge in [-0.2, -0.15) is 11.8 Å². The summed E-state index contributed by atoms with van der Waals surface area (Å²) in [6.45, 7) is 3.70. The van der Waals surface area contributed by atoms with Crippen molar-refractivity contribution in [1.29, 1.82) is 0 Å². The van der Waals surface area contributed by atoms with Gasteiger partial charge in [0.05, 0.1) is 6.10 Å². The molecule has 0 bridgehead atoms. The molecule has 0 spiro atoms. The first-order valence-corrected chi connectivity index (χ1v) is 7.28. The lowest BCUT2D eigenvalue weighted by atomic mass is 9.98. The molecule has 1 heterocycles. The largest absolute Gasteiger partial charge is 0.393 e. The Bertz CT molecular complexity index is 215. The predicted octanol–water partition coefficient (Wildman–Crippen LogP) is 1.80. The summed E-state index contributed by atoms with van der Waals surface area (Å²) in [7, 11) is 0. The van der Waals surface area contributed by atoms with Gasteiger partial charge in [0.1, 0.15) is 0 Å². The molecule has 0 aromatic heterocycles. The van der Waals surface area contributed by atoms with Crippen LogP contribution in [-0.2, 0) is 4.79 Å². The number of hydrogen-bond donors (Lipinski definition) is 2. The highest BCUT2D eigenvalue weighted by Gasteiger charge is 2.18. The van der Waals surface area contributed by atoms with Gasteiger partial charge in [-0.25, -0.2) is 0 Å². The lowest BCUT2D eigenvalue weighted by Gasteiger charge is -2.22. The first-order valence-electron chi connectivity index (χ1n) is 6.13. The van der Waals surface area contributed by atoms with E-state index in [2.05, 4.69) is 5.32 Å². The van der Waals surface area contributed by atoms with Crippen LogP contribution in [0.1, 0.15) is 39.5 Å². The summed E-state index contributed by atoms with van der Waals surface area (Å²) in [5.41, 5.74) is 0. The molecule has 0 aromatic carbocycles. The average Bonchev–Trinajstić information content (AvgIpc) is 2.17. The number of aliphatic hydroxyl groups is 1. The van der Waals surface area contributed by atoms with Crippen molar-refractivity contribution >= 4 is 17.7 Å². The quantitative estimate of drug-likeness (QED) is 0.776. The van der Waals surface area contributed by atoms with E-state index >= 15 is 0 Å². The third-order valence-corrected chi connectivity index (χ3v) is 3.97. The molecular weight excluding hydrogens is 222 g/mol. The number of thioether (sulfide) groups is 1. The maximum atomic E-state index is 11.7. The summed E-state index contributed by atoms with van der Waals surface area (Å²) < 4.78 is 0. The molecule has 94 valence electrons. The molecule has 2 N–H and O–H groups in total. The molecular formula is C12H23NO2S. The number of rotatable bonds is 5. The van der Waals surface area contributed by atoms with Crippen molar-refractivity contribution in [3.8, 4) is 0 Å². The van der Waals surface area contributed by atoms with Crippen LogP contribution >= 0.6 is 11.8 Å². The predicted molar refractivity (Wildman–Crippen MR) is 68.6 cm³/mol.